The van der Waals surface area contributed by atoms with Crippen molar-refractivity contribution < 1.29 is 4.74 Å². The van der Waals surface area contributed by atoms with Crippen LogP contribution in [0.2, 0.25) is 4.34 Å². The van der Waals surface area contributed by atoms with Gasteiger partial charge in [-0.25, -0.2) is 4.68 Å². The molecule has 0 bridgehead atoms. The van der Waals surface area contributed by atoms with Crippen molar-refractivity contribution in [2.24, 2.45) is 0 Å². The van der Waals surface area contributed by atoms with Crippen LogP contribution in [0.15, 0.2) is 29.1 Å². The number of nitrogens with zero attached hydrogens (tertiary/aromatic N) is 2. The van der Waals surface area contributed by atoms with Crippen LogP contribution in [0.4, 0.5) is 0 Å². The zero-order valence-electron chi connectivity index (χ0n) is 10.4. The molecule has 0 unspecified atom stereocenters. The Bertz CT molecular complexity index is 597. The van der Waals surface area contributed by atoms with Gasteiger partial charge < -0.3 is 10.1 Å². The third-order valence-electron chi connectivity index (χ3n) is 2.48. The van der Waals surface area contributed by atoms with Crippen molar-refractivity contribution in [3.05, 3.63) is 43.8 Å². The lowest BCUT2D eigenvalue weighted by molar-refractivity contribution is 0.374. The number of halogens is 1. The van der Waals surface area contributed by atoms with Gasteiger partial charge in [0.1, 0.15) is 0 Å². The van der Waals surface area contributed by atoms with Gasteiger partial charge in [0.15, 0.2) is 0 Å². The summed E-state index contributed by atoms with van der Waals surface area (Å²) in [7, 11) is 1.52. The van der Waals surface area contributed by atoms with Crippen LogP contribution in [0, 0.1) is 0 Å². The van der Waals surface area contributed by atoms with Crippen LogP contribution in [0.3, 0.4) is 0 Å². The monoisotopic (exact) mass is 299 g/mol. The first-order chi connectivity index (χ1) is 9.19. The third kappa shape index (κ3) is 4.05. The van der Waals surface area contributed by atoms with Crippen molar-refractivity contribution >= 4 is 22.9 Å². The first-order valence-corrected chi connectivity index (χ1v) is 6.95. The normalized spacial score (nSPS) is 10.6. The van der Waals surface area contributed by atoms with E-state index in [1.54, 1.807) is 17.4 Å². The van der Waals surface area contributed by atoms with Gasteiger partial charge in [0.05, 0.1) is 18.0 Å². The molecule has 1 N–H and O–H groups in total. The van der Waals surface area contributed by atoms with Crippen LogP contribution in [0.25, 0.3) is 0 Å². The Morgan fingerprint density at radius 3 is 2.95 bits per heavy atom. The van der Waals surface area contributed by atoms with Gasteiger partial charge in [-0.3, -0.25) is 4.79 Å². The molecule has 0 radical (unpaired) electrons. The summed E-state index contributed by atoms with van der Waals surface area (Å²) in [5.74, 6) is 0.435. The van der Waals surface area contributed by atoms with E-state index in [1.807, 2.05) is 12.1 Å². The number of hydrogen-bond acceptors (Lipinski definition) is 5. The van der Waals surface area contributed by atoms with Gasteiger partial charge >= 0.3 is 0 Å². The molecule has 19 heavy (non-hydrogen) atoms. The number of nitrogens with one attached hydrogen (secondary N) is 1. The van der Waals surface area contributed by atoms with Crippen LogP contribution < -0.4 is 15.6 Å². The largest absolute Gasteiger partial charge is 0.480 e. The predicted octanol–water partition coefficient (Wildman–Crippen LogP) is 1.76. The average Bonchev–Trinajstić information content (AvgIpc) is 2.82. The molecule has 0 saturated heterocycles. The lowest BCUT2D eigenvalue weighted by Crippen LogP contribution is -2.28. The van der Waals surface area contributed by atoms with E-state index in [4.69, 9.17) is 16.3 Å². The Labute approximate surface area is 119 Å². The second-order valence-corrected chi connectivity index (χ2v) is 5.62. The summed E-state index contributed by atoms with van der Waals surface area (Å²) < 4.78 is 7.15. The number of aromatic nitrogens is 2. The molecule has 102 valence electrons. The van der Waals surface area contributed by atoms with E-state index in [-0.39, 0.29) is 5.56 Å². The minimum absolute atomic E-state index is 0.137. The smallest absolute Gasteiger partial charge is 0.267 e. The quantitative estimate of drug-likeness (QED) is 0.826. The van der Waals surface area contributed by atoms with E-state index in [9.17, 15) is 4.79 Å². The lowest BCUT2D eigenvalue weighted by atomic mass is 10.4. The first-order valence-electron chi connectivity index (χ1n) is 5.76. The zero-order valence-corrected chi connectivity index (χ0v) is 12.0. The second-order valence-electron chi connectivity index (χ2n) is 3.82. The fraction of sp³-hybridized carbons (Fsp3) is 0.333. The highest BCUT2D eigenvalue weighted by Crippen LogP contribution is 2.20. The van der Waals surface area contributed by atoms with Crippen molar-refractivity contribution in [1.82, 2.24) is 15.1 Å². The Hall–Kier alpha value is -1.37. The van der Waals surface area contributed by atoms with Crippen LogP contribution in [-0.4, -0.2) is 23.4 Å². The van der Waals surface area contributed by atoms with Crippen LogP contribution >= 0.6 is 22.9 Å². The second kappa shape index (κ2) is 6.70. The zero-order chi connectivity index (χ0) is 13.7. The first kappa shape index (κ1) is 14.0. The summed E-state index contributed by atoms with van der Waals surface area (Å²) in [5.41, 5.74) is -0.137. The number of methoxy groups -OCH3 is 1. The van der Waals surface area contributed by atoms with Gasteiger partial charge in [0, 0.05) is 30.1 Å². The summed E-state index contributed by atoms with van der Waals surface area (Å²) in [5, 5.41) is 7.30. The Kier molecular flexibility index (Phi) is 4.95. The molecule has 2 rings (SSSR count). The van der Waals surface area contributed by atoms with Gasteiger partial charge in [0.25, 0.3) is 5.56 Å². The lowest BCUT2D eigenvalue weighted by Gasteiger charge is -2.06. The maximum Gasteiger partial charge on any atom is 0.267 e. The van der Waals surface area contributed by atoms with Crippen LogP contribution in [0.5, 0.6) is 5.88 Å². The number of ether oxygens (including phenoxy) is 1. The van der Waals surface area contributed by atoms with E-state index in [1.165, 1.54) is 17.9 Å². The molecule has 0 fully saturated rings. The molecule has 0 amide bonds. The summed E-state index contributed by atoms with van der Waals surface area (Å²) in [6, 6.07) is 6.86. The summed E-state index contributed by atoms with van der Waals surface area (Å²) in [6.45, 7) is 1.88. The molecule has 0 aliphatic carbocycles. The molecule has 7 heteroatoms. The van der Waals surface area contributed by atoms with Crippen molar-refractivity contribution in [3.63, 3.8) is 0 Å². The Morgan fingerprint density at radius 2 is 2.26 bits per heavy atom. The van der Waals surface area contributed by atoms with Gasteiger partial charge in [-0.1, -0.05) is 11.6 Å². The predicted molar refractivity (Wildman–Crippen MR) is 76.1 cm³/mol. The van der Waals surface area contributed by atoms with Gasteiger partial charge in [0.2, 0.25) is 5.88 Å². The van der Waals surface area contributed by atoms with E-state index in [2.05, 4.69) is 10.4 Å². The molecule has 5 nitrogen and oxygen atoms in total. The van der Waals surface area contributed by atoms with E-state index >= 15 is 0 Å². The molecule has 0 aliphatic rings. The van der Waals surface area contributed by atoms with Crippen molar-refractivity contribution in [1.29, 1.82) is 0 Å². The fourth-order valence-electron chi connectivity index (χ4n) is 1.54. The molecule has 2 aromatic heterocycles. The molecule has 0 spiro atoms. The molecular formula is C12H14ClN3O2S. The number of rotatable bonds is 6. The van der Waals surface area contributed by atoms with Crippen molar-refractivity contribution in [2.75, 3.05) is 13.7 Å². The highest BCUT2D eigenvalue weighted by Gasteiger charge is 2.01. The van der Waals surface area contributed by atoms with Crippen molar-refractivity contribution in [3.8, 4) is 5.88 Å². The van der Waals surface area contributed by atoms with Crippen molar-refractivity contribution in [2.45, 2.75) is 13.1 Å². The number of thiophene rings is 1. The highest BCUT2D eigenvalue weighted by atomic mass is 35.5. The molecule has 2 aromatic rings. The molecule has 0 aliphatic heterocycles. The standard InChI is InChI=1S/C12H14ClN3O2S/c1-18-11-4-5-12(17)16(15-11)7-6-14-8-9-2-3-10(13)19-9/h2-5,14H,6-8H2,1H3. The van der Waals surface area contributed by atoms with Gasteiger partial charge in [-0.2, -0.15) is 0 Å². The Morgan fingerprint density at radius 1 is 1.42 bits per heavy atom. The molecule has 0 saturated carbocycles. The topological polar surface area (TPSA) is 56.1 Å². The number of hydrogen-bond donors (Lipinski definition) is 1. The Balaban J connectivity index is 1.84. The molecular weight excluding hydrogens is 286 g/mol. The highest BCUT2D eigenvalue weighted by molar-refractivity contribution is 7.16. The minimum atomic E-state index is -0.137. The summed E-state index contributed by atoms with van der Waals surface area (Å²) >= 11 is 7.39. The van der Waals surface area contributed by atoms with E-state index < -0.39 is 0 Å². The maximum atomic E-state index is 11.6. The third-order valence-corrected chi connectivity index (χ3v) is 3.71. The average molecular weight is 300 g/mol. The molecule has 0 atom stereocenters. The summed E-state index contributed by atoms with van der Waals surface area (Å²) in [4.78, 5) is 12.7. The fourth-order valence-corrected chi connectivity index (χ4v) is 2.60. The molecule has 0 aromatic carbocycles. The summed E-state index contributed by atoms with van der Waals surface area (Å²) in [6.07, 6.45) is 0. The SMILES string of the molecule is COc1ccc(=O)n(CCNCc2ccc(Cl)s2)n1. The van der Waals surface area contributed by atoms with Crippen LogP contribution in [-0.2, 0) is 13.1 Å². The minimum Gasteiger partial charge on any atom is -0.480 e. The van der Waals surface area contributed by atoms with Crippen LogP contribution in [0.1, 0.15) is 4.88 Å². The maximum absolute atomic E-state index is 11.6. The van der Waals surface area contributed by atoms with E-state index in [0.29, 0.717) is 19.0 Å². The van der Waals surface area contributed by atoms with Gasteiger partial charge in [-0.15, -0.1) is 16.4 Å². The van der Waals surface area contributed by atoms with Gasteiger partial charge in [-0.05, 0) is 12.1 Å². The molecule has 2 heterocycles. The van der Waals surface area contributed by atoms with E-state index in [0.717, 1.165) is 15.8 Å².